The summed E-state index contributed by atoms with van der Waals surface area (Å²) in [7, 11) is 3.24. The second-order valence-corrected chi connectivity index (χ2v) is 8.91. The largest absolute Gasteiger partial charge is 0.491 e. The van der Waals surface area contributed by atoms with Crippen molar-refractivity contribution in [2.45, 2.75) is 32.9 Å². The van der Waals surface area contributed by atoms with Crippen molar-refractivity contribution in [1.82, 2.24) is 9.80 Å². The van der Waals surface area contributed by atoms with E-state index in [1.807, 2.05) is 13.8 Å². The zero-order valence-corrected chi connectivity index (χ0v) is 20.7. The molecule has 2 aromatic rings. The molecule has 188 valence electrons. The number of nitrogens with one attached hydrogen (secondary N) is 1. The Hall–Kier alpha value is -3.46. The maximum Gasteiger partial charge on any atom is 0.258 e. The van der Waals surface area contributed by atoms with E-state index in [2.05, 4.69) is 5.32 Å². The molecular formula is C26H32FN3O5. The number of methoxy groups -OCH3 is 1. The third-order valence-electron chi connectivity index (χ3n) is 6.23. The van der Waals surface area contributed by atoms with Crippen LogP contribution in [0, 0.1) is 11.7 Å². The van der Waals surface area contributed by atoms with E-state index in [0.29, 0.717) is 24.5 Å². The molecule has 1 aliphatic rings. The number of carbonyl (C=O) groups is 3. The van der Waals surface area contributed by atoms with Crippen LogP contribution >= 0.6 is 0 Å². The number of anilines is 1. The van der Waals surface area contributed by atoms with Crippen molar-refractivity contribution in [2.75, 3.05) is 39.2 Å². The number of hydrogen-bond acceptors (Lipinski definition) is 5. The van der Waals surface area contributed by atoms with E-state index < -0.39 is 11.7 Å². The van der Waals surface area contributed by atoms with E-state index in [-0.39, 0.29) is 47.6 Å². The molecule has 0 aliphatic carbocycles. The summed E-state index contributed by atoms with van der Waals surface area (Å²) in [5.41, 5.74) is 0.461. The molecule has 0 aromatic heterocycles. The average Bonchev–Trinajstić information content (AvgIpc) is 2.83. The zero-order valence-electron chi connectivity index (χ0n) is 20.7. The van der Waals surface area contributed by atoms with Gasteiger partial charge in [-0.3, -0.25) is 14.4 Å². The van der Waals surface area contributed by atoms with Crippen LogP contribution in [-0.4, -0.2) is 73.5 Å². The summed E-state index contributed by atoms with van der Waals surface area (Å²) >= 11 is 0. The van der Waals surface area contributed by atoms with Gasteiger partial charge in [-0.1, -0.05) is 19.1 Å². The van der Waals surface area contributed by atoms with Crippen LogP contribution in [-0.2, 0) is 9.53 Å². The first-order valence-corrected chi connectivity index (χ1v) is 11.5. The summed E-state index contributed by atoms with van der Waals surface area (Å²) < 4.78 is 25.7. The molecule has 1 heterocycles. The number of hydrogen-bond donors (Lipinski definition) is 1. The highest BCUT2D eigenvalue weighted by molar-refractivity contribution is 6.05. The van der Waals surface area contributed by atoms with Gasteiger partial charge in [0.2, 0.25) is 5.91 Å². The van der Waals surface area contributed by atoms with Crippen LogP contribution in [0.2, 0.25) is 0 Å². The highest BCUT2D eigenvalue weighted by atomic mass is 19.1. The Morgan fingerprint density at radius 2 is 1.86 bits per heavy atom. The number of rotatable bonds is 3. The number of benzene rings is 2. The van der Waals surface area contributed by atoms with Gasteiger partial charge in [-0.2, -0.15) is 0 Å². The van der Waals surface area contributed by atoms with Crippen LogP contribution in [0.15, 0.2) is 42.5 Å². The predicted octanol–water partition coefficient (Wildman–Crippen LogP) is 3.43. The molecule has 1 N–H and O–H groups in total. The van der Waals surface area contributed by atoms with Gasteiger partial charge in [-0.05, 0) is 37.3 Å². The molecule has 3 rings (SSSR count). The number of amides is 3. The topological polar surface area (TPSA) is 88.2 Å². The number of fused-ring (bicyclic) bond motifs is 1. The van der Waals surface area contributed by atoms with E-state index in [1.54, 1.807) is 37.3 Å². The smallest absolute Gasteiger partial charge is 0.258 e. The summed E-state index contributed by atoms with van der Waals surface area (Å²) in [5.74, 6) is -1.37. The van der Waals surface area contributed by atoms with Crippen molar-refractivity contribution in [1.29, 1.82) is 0 Å². The van der Waals surface area contributed by atoms with Crippen molar-refractivity contribution in [3.63, 3.8) is 0 Å². The molecule has 8 nitrogen and oxygen atoms in total. The van der Waals surface area contributed by atoms with Crippen LogP contribution in [0.4, 0.5) is 10.1 Å². The highest BCUT2D eigenvalue weighted by Gasteiger charge is 2.29. The standard InChI is InChI=1S/C26H32FN3O5/c1-16-13-30(18(3)31)17(2)15-35-23-11-10-19(28-25(32)20-8-6-7-9-22(20)27)12-21(23)26(33)29(4)14-24(16)34-5/h6-12,16-17,24H,13-15H2,1-5H3,(H,28,32)/t16-,17+,24-/m0/s1. The van der Waals surface area contributed by atoms with Crippen molar-refractivity contribution in [2.24, 2.45) is 5.92 Å². The second kappa shape index (κ2) is 11.3. The molecule has 0 spiro atoms. The summed E-state index contributed by atoms with van der Waals surface area (Å²) in [5, 5.41) is 2.65. The van der Waals surface area contributed by atoms with E-state index in [0.717, 1.165) is 0 Å². The lowest BCUT2D eigenvalue weighted by atomic mass is 10.0. The Morgan fingerprint density at radius 1 is 1.14 bits per heavy atom. The SMILES string of the molecule is CO[C@H]1CN(C)C(=O)c2cc(NC(=O)c3ccccc3F)ccc2OC[C@@H](C)N(C(C)=O)C[C@@H]1C. The summed E-state index contributed by atoms with van der Waals surface area (Å²) in [6, 6.07) is 10.1. The van der Waals surface area contributed by atoms with Gasteiger partial charge in [0.15, 0.2) is 0 Å². The molecule has 2 aromatic carbocycles. The minimum absolute atomic E-state index is 0.0353. The average molecular weight is 486 g/mol. The molecule has 3 amide bonds. The third-order valence-corrected chi connectivity index (χ3v) is 6.23. The van der Waals surface area contributed by atoms with Gasteiger partial charge >= 0.3 is 0 Å². The lowest BCUT2D eigenvalue weighted by molar-refractivity contribution is -0.133. The molecule has 0 radical (unpaired) electrons. The quantitative estimate of drug-likeness (QED) is 0.720. The fourth-order valence-electron chi connectivity index (χ4n) is 4.14. The van der Waals surface area contributed by atoms with E-state index >= 15 is 0 Å². The maximum atomic E-state index is 14.0. The van der Waals surface area contributed by atoms with Crippen LogP contribution in [0.1, 0.15) is 41.5 Å². The van der Waals surface area contributed by atoms with Crippen molar-refractivity contribution < 1.29 is 28.2 Å². The molecule has 1 aliphatic heterocycles. The number of nitrogens with zero attached hydrogens (tertiary/aromatic N) is 2. The first-order chi connectivity index (χ1) is 16.6. The van der Waals surface area contributed by atoms with Crippen LogP contribution in [0.5, 0.6) is 5.75 Å². The summed E-state index contributed by atoms with van der Waals surface area (Å²) in [6.07, 6.45) is -0.300. The summed E-state index contributed by atoms with van der Waals surface area (Å²) in [6.45, 7) is 6.32. The van der Waals surface area contributed by atoms with Crippen molar-refractivity contribution >= 4 is 23.4 Å². The van der Waals surface area contributed by atoms with Crippen molar-refractivity contribution in [3.8, 4) is 5.75 Å². The number of ether oxygens (including phenoxy) is 2. The second-order valence-electron chi connectivity index (χ2n) is 8.91. The van der Waals surface area contributed by atoms with Gasteiger partial charge in [0.05, 0.1) is 23.3 Å². The predicted molar refractivity (Wildman–Crippen MR) is 130 cm³/mol. The first-order valence-electron chi connectivity index (χ1n) is 11.5. The number of carbonyl (C=O) groups excluding carboxylic acids is 3. The molecule has 0 unspecified atom stereocenters. The monoisotopic (exact) mass is 485 g/mol. The van der Waals surface area contributed by atoms with Gasteiger partial charge in [0.25, 0.3) is 11.8 Å². The zero-order chi connectivity index (χ0) is 25.7. The number of likely N-dealkylation sites (N-methyl/N-ethyl adjacent to an activating group) is 1. The van der Waals surface area contributed by atoms with E-state index in [1.165, 1.54) is 36.1 Å². The van der Waals surface area contributed by atoms with E-state index in [4.69, 9.17) is 9.47 Å². The van der Waals surface area contributed by atoms with Gasteiger partial charge in [-0.25, -0.2) is 4.39 Å². The third kappa shape index (κ3) is 6.16. The molecule has 9 heteroatoms. The lowest BCUT2D eigenvalue weighted by Crippen LogP contribution is -2.48. The van der Waals surface area contributed by atoms with Gasteiger partial charge in [0.1, 0.15) is 18.2 Å². The Kier molecular flexibility index (Phi) is 8.45. The highest BCUT2D eigenvalue weighted by Crippen LogP contribution is 2.27. The molecule has 0 bridgehead atoms. The molecular weight excluding hydrogens is 453 g/mol. The van der Waals surface area contributed by atoms with Gasteiger partial charge < -0.3 is 24.6 Å². The lowest BCUT2D eigenvalue weighted by Gasteiger charge is -2.35. The molecule has 0 saturated carbocycles. The molecule has 3 atom stereocenters. The van der Waals surface area contributed by atoms with Crippen LogP contribution in [0.3, 0.4) is 0 Å². The van der Waals surface area contributed by atoms with Crippen LogP contribution in [0.25, 0.3) is 0 Å². The van der Waals surface area contributed by atoms with Crippen LogP contribution < -0.4 is 10.1 Å². The fourth-order valence-corrected chi connectivity index (χ4v) is 4.14. The van der Waals surface area contributed by atoms with Crippen molar-refractivity contribution in [3.05, 3.63) is 59.4 Å². The molecule has 0 fully saturated rings. The van der Waals surface area contributed by atoms with Gasteiger partial charge in [0, 0.05) is 45.8 Å². The summed E-state index contributed by atoms with van der Waals surface area (Å²) in [4.78, 5) is 41.6. The normalized spacial score (nSPS) is 21.3. The molecule has 35 heavy (non-hydrogen) atoms. The Balaban J connectivity index is 1.95. The first kappa shape index (κ1) is 26.2. The Morgan fingerprint density at radius 3 is 2.51 bits per heavy atom. The van der Waals surface area contributed by atoms with Gasteiger partial charge in [-0.15, -0.1) is 0 Å². The minimum Gasteiger partial charge on any atom is -0.491 e. The Labute approximate surface area is 205 Å². The van der Waals surface area contributed by atoms with E-state index in [9.17, 15) is 18.8 Å². The molecule has 0 saturated heterocycles. The fraction of sp³-hybridized carbons (Fsp3) is 0.423. The number of halogens is 1. The minimum atomic E-state index is -0.640. The maximum absolute atomic E-state index is 14.0. The Bertz CT molecular complexity index is 1090.